The fourth-order valence-corrected chi connectivity index (χ4v) is 3.94. The summed E-state index contributed by atoms with van der Waals surface area (Å²) in [7, 11) is -3.75. The minimum Gasteiger partial charge on any atom is -0.484 e. The number of carbonyl (C=O) groups is 2. The molecule has 0 aliphatic carbocycles. The lowest BCUT2D eigenvalue weighted by Crippen LogP contribution is -2.20. The topological polar surface area (TPSA) is 111 Å². The Morgan fingerprint density at radius 1 is 0.909 bits per heavy atom. The molecule has 3 aromatic carbocycles. The molecular weight excluding hydrogens is 444 g/mol. The molecule has 9 heteroatoms. The number of ether oxygens (including phenoxy) is 2. The quantitative estimate of drug-likeness (QED) is 0.460. The summed E-state index contributed by atoms with van der Waals surface area (Å²) in [6.45, 7) is 3.61. The van der Waals surface area contributed by atoms with Gasteiger partial charge in [0.15, 0.2) is 6.61 Å². The Balaban J connectivity index is 1.53. The van der Waals surface area contributed by atoms with Crippen LogP contribution in [-0.4, -0.2) is 33.5 Å². The van der Waals surface area contributed by atoms with Gasteiger partial charge in [0.05, 0.1) is 17.1 Å². The number of amides is 1. The maximum Gasteiger partial charge on any atom is 0.338 e. The van der Waals surface area contributed by atoms with Gasteiger partial charge in [0.2, 0.25) is 0 Å². The van der Waals surface area contributed by atoms with Crippen molar-refractivity contribution in [2.75, 3.05) is 23.3 Å². The molecule has 0 saturated carbocycles. The van der Waals surface area contributed by atoms with Crippen LogP contribution in [0, 0.1) is 6.92 Å². The minimum absolute atomic E-state index is 0.0718. The number of anilines is 2. The highest BCUT2D eigenvalue weighted by Crippen LogP contribution is 2.20. The molecule has 0 bridgehead atoms. The summed E-state index contributed by atoms with van der Waals surface area (Å²) < 4.78 is 38.0. The number of rotatable bonds is 9. The fourth-order valence-electron chi connectivity index (χ4n) is 2.89. The molecule has 0 spiro atoms. The fraction of sp³-hybridized carbons (Fsp3) is 0.167. The van der Waals surface area contributed by atoms with Gasteiger partial charge >= 0.3 is 5.97 Å². The van der Waals surface area contributed by atoms with E-state index in [1.54, 1.807) is 49.4 Å². The van der Waals surface area contributed by atoms with Crippen LogP contribution in [0.3, 0.4) is 0 Å². The standard InChI is InChI=1S/C24H24N2O6S/c1-3-31-24(28)18-7-9-19(10-8-18)25-23(27)16-32-21-11-13-22(14-12-21)33(29,30)26-20-6-4-5-17(2)15-20/h4-15,26H,3,16H2,1-2H3,(H,25,27). The second kappa shape index (κ2) is 10.6. The van der Waals surface area contributed by atoms with Crippen molar-refractivity contribution >= 4 is 33.3 Å². The third-order valence-corrected chi connectivity index (χ3v) is 5.85. The Kier molecular flexibility index (Phi) is 7.68. The summed E-state index contributed by atoms with van der Waals surface area (Å²) in [6, 6.07) is 19.1. The van der Waals surface area contributed by atoms with Crippen molar-refractivity contribution in [3.63, 3.8) is 0 Å². The highest BCUT2D eigenvalue weighted by atomic mass is 32.2. The van der Waals surface area contributed by atoms with E-state index in [2.05, 4.69) is 10.0 Å². The van der Waals surface area contributed by atoms with Crippen LogP contribution in [0.4, 0.5) is 11.4 Å². The van der Waals surface area contributed by atoms with E-state index in [0.717, 1.165) is 5.56 Å². The molecule has 0 aliphatic rings. The van der Waals surface area contributed by atoms with E-state index < -0.39 is 21.9 Å². The molecule has 0 aliphatic heterocycles. The predicted octanol–water partition coefficient (Wildman–Crippen LogP) is 3.99. The van der Waals surface area contributed by atoms with Crippen LogP contribution in [0.25, 0.3) is 0 Å². The molecule has 3 aromatic rings. The number of hydrogen-bond donors (Lipinski definition) is 2. The molecule has 1 amide bonds. The molecule has 0 radical (unpaired) electrons. The van der Waals surface area contributed by atoms with Gasteiger partial charge in [-0.1, -0.05) is 12.1 Å². The van der Waals surface area contributed by atoms with Crippen LogP contribution in [-0.2, 0) is 19.6 Å². The van der Waals surface area contributed by atoms with E-state index in [-0.39, 0.29) is 18.1 Å². The summed E-state index contributed by atoms with van der Waals surface area (Å²) in [5, 5.41) is 2.66. The summed E-state index contributed by atoms with van der Waals surface area (Å²) in [6.07, 6.45) is 0. The van der Waals surface area contributed by atoms with Gasteiger partial charge in [-0.2, -0.15) is 0 Å². The first-order chi connectivity index (χ1) is 15.8. The Bertz CT molecular complexity index is 1220. The highest BCUT2D eigenvalue weighted by Gasteiger charge is 2.14. The van der Waals surface area contributed by atoms with E-state index in [0.29, 0.717) is 22.7 Å². The smallest absolute Gasteiger partial charge is 0.338 e. The lowest BCUT2D eigenvalue weighted by molar-refractivity contribution is -0.118. The zero-order valence-electron chi connectivity index (χ0n) is 18.2. The lowest BCUT2D eigenvalue weighted by Gasteiger charge is -2.10. The molecule has 0 heterocycles. The number of sulfonamides is 1. The van der Waals surface area contributed by atoms with Crippen molar-refractivity contribution in [1.82, 2.24) is 0 Å². The minimum atomic E-state index is -3.75. The average molecular weight is 469 g/mol. The molecule has 0 saturated heterocycles. The Morgan fingerprint density at radius 2 is 1.61 bits per heavy atom. The first-order valence-electron chi connectivity index (χ1n) is 10.2. The van der Waals surface area contributed by atoms with Crippen LogP contribution >= 0.6 is 0 Å². The molecular formula is C24H24N2O6S. The van der Waals surface area contributed by atoms with Gasteiger partial charge in [-0.3, -0.25) is 9.52 Å². The molecule has 172 valence electrons. The predicted molar refractivity (Wildman–Crippen MR) is 125 cm³/mol. The van der Waals surface area contributed by atoms with Gasteiger partial charge in [-0.15, -0.1) is 0 Å². The zero-order chi connectivity index (χ0) is 23.8. The van der Waals surface area contributed by atoms with Crippen LogP contribution in [0.2, 0.25) is 0 Å². The number of hydrogen-bond acceptors (Lipinski definition) is 6. The molecule has 2 N–H and O–H groups in total. The molecule has 0 unspecified atom stereocenters. The van der Waals surface area contributed by atoms with Crippen LogP contribution in [0.5, 0.6) is 5.75 Å². The molecule has 0 aromatic heterocycles. The van der Waals surface area contributed by atoms with E-state index in [4.69, 9.17) is 9.47 Å². The van der Waals surface area contributed by atoms with E-state index >= 15 is 0 Å². The molecule has 3 rings (SSSR count). The van der Waals surface area contributed by atoms with E-state index in [1.165, 1.54) is 24.3 Å². The first-order valence-corrected chi connectivity index (χ1v) is 11.6. The number of nitrogens with one attached hydrogen (secondary N) is 2. The van der Waals surface area contributed by atoms with Gasteiger partial charge in [-0.25, -0.2) is 13.2 Å². The van der Waals surface area contributed by atoms with Gasteiger partial charge in [0, 0.05) is 11.4 Å². The number of aryl methyl sites for hydroxylation is 1. The lowest BCUT2D eigenvalue weighted by atomic mass is 10.2. The van der Waals surface area contributed by atoms with Gasteiger partial charge in [-0.05, 0) is 80.1 Å². The Hall–Kier alpha value is -3.85. The molecule has 33 heavy (non-hydrogen) atoms. The summed E-state index contributed by atoms with van der Waals surface area (Å²) in [5.41, 5.74) is 2.30. The van der Waals surface area contributed by atoms with Gasteiger partial charge in [0.25, 0.3) is 15.9 Å². The average Bonchev–Trinajstić information content (AvgIpc) is 2.78. The van der Waals surface area contributed by atoms with Crippen molar-refractivity contribution < 1.29 is 27.5 Å². The monoisotopic (exact) mass is 468 g/mol. The third-order valence-electron chi connectivity index (χ3n) is 4.45. The number of carbonyl (C=O) groups excluding carboxylic acids is 2. The zero-order valence-corrected chi connectivity index (χ0v) is 19.0. The first kappa shape index (κ1) is 23.8. The third kappa shape index (κ3) is 6.81. The summed E-state index contributed by atoms with van der Waals surface area (Å²) in [4.78, 5) is 23.9. The highest BCUT2D eigenvalue weighted by molar-refractivity contribution is 7.92. The number of benzene rings is 3. The second-order valence-electron chi connectivity index (χ2n) is 7.08. The Labute approximate surface area is 192 Å². The van der Waals surface area contributed by atoms with Crippen molar-refractivity contribution in [1.29, 1.82) is 0 Å². The maximum atomic E-state index is 12.6. The van der Waals surface area contributed by atoms with Crippen LogP contribution in [0.1, 0.15) is 22.8 Å². The molecule has 8 nitrogen and oxygen atoms in total. The largest absolute Gasteiger partial charge is 0.484 e. The van der Waals surface area contributed by atoms with E-state index in [9.17, 15) is 18.0 Å². The van der Waals surface area contributed by atoms with Gasteiger partial charge in [0.1, 0.15) is 5.75 Å². The van der Waals surface area contributed by atoms with Crippen LogP contribution in [0.15, 0.2) is 77.7 Å². The van der Waals surface area contributed by atoms with Gasteiger partial charge < -0.3 is 14.8 Å². The number of esters is 1. The normalized spacial score (nSPS) is 10.8. The molecule has 0 atom stereocenters. The maximum absolute atomic E-state index is 12.6. The van der Waals surface area contributed by atoms with Crippen molar-refractivity contribution in [2.24, 2.45) is 0 Å². The Morgan fingerprint density at radius 3 is 2.24 bits per heavy atom. The van der Waals surface area contributed by atoms with Crippen molar-refractivity contribution in [2.45, 2.75) is 18.7 Å². The van der Waals surface area contributed by atoms with Crippen LogP contribution < -0.4 is 14.8 Å². The summed E-state index contributed by atoms with van der Waals surface area (Å²) >= 11 is 0. The van der Waals surface area contributed by atoms with E-state index in [1.807, 2.05) is 13.0 Å². The van der Waals surface area contributed by atoms with Crippen molar-refractivity contribution in [3.8, 4) is 5.75 Å². The molecule has 0 fully saturated rings. The van der Waals surface area contributed by atoms with Crippen molar-refractivity contribution in [3.05, 3.63) is 83.9 Å². The SMILES string of the molecule is CCOC(=O)c1ccc(NC(=O)COc2ccc(S(=O)(=O)Nc3cccc(C)c3)cc2)cc1. The summed E-state index contributed by atoms with van der Waals surface area (Å²) in [5.74, 6) is -0.493. The second-order valence-corrected chi connectivity index (χ2v) is 8.76.